The van der Waals surface area contributed by atoms with Crippen molar-refractivity contribution in [1.82, 2.24) is 0 Å². The summed E-state index contributed by atoms with van der Waals surface area (Å²) in [5.74, 6) is 0. The summed E-state index contributed by atoms with van der Waals surface area (Å²) in [6.45, 7) is 4.71. The highest BCUT2D eigenvalue weighted by molar-refractivity contribution is 6.17. The Hall–Kier alpha value is -7.42. The molecular formula is C57H41NO. The zero-order valence-electron chi connectivity index (χ0n) is 33.1. The Labute approximate surface area is 345 Å². The molecule has 9 aromatic carbocycles. The van der Waals surface area contributed by atoms with Crippen molar-refractivity contribution < 1.29 is 4.42 Å². The lowest BCUT2D eigenvalue weighted by Gasteiger charge is -2.30. The Morgan fingerprint density at radius 2 is 0.949 bits per heavy atom. The van der Waals surface area contributed by atoms with Gasteiger partial charge >= 0.3 is 0 Å². The normalized spacial score (nSPS) is 12.7. The van der Waals surface area contributed by atoms with Crippen molar-refractivity contribution in [1.29, 1.82) is 0 Å². The number of nitrogens with zero attached hydrogens (tertiary/aromatic N) is 1. The van der Waals surface area contributed by atoms with Gasteiger partial charge in [0.25, 0.3) is 0 Å². The van der Waals surface area contributed by atoms with E-state index in [1.165, 1.54) is 44.5 Å². The summed E-state index contributed by atoms with van der Waals surface area (Å²) in [6, 6.07) is 76.9. The minimum Gasteiger partial charge on any atom is -0.456 e. The van der Waals surface area contributed by atoms with E-state index >= 15 is 0 Å². The smallest absolute Gasteiger partial charge is 0.136 e. The molecule has 0 spiro atoms. The van der Waals surface area contributed by atoms with E-state index in [1.807, 2.05) is 0 Å². The van der Waals surface area contributed by atoms with Crippen LogP contribution in [0.25, 0.3) is 77.6 Å². The summed E-state index contributed by atoms with van der Waals surface area (Å²) < 4.78 is 6.57. The molecule has 280 valence electrons. The molecule has 1 aliphatic carbocycles. The molecule has 0 saturated heterocycles. The third kappa shape index (κ3) is 5.79. The predicted octanol–water partition coefficient (Wildman–Crippen LogP) is 16.0. The summed E-state index contributed by atoms with van der Waals surface area (Å²) in [6.07, 6.45) is 0. The fourth-order valence-corrected chi connectivity index (χ4v) is 9.44. The molecule has 1 heterocycles. The maximum Gasteiger partial charge on any atom is 0.136 e. The van der Waals surface area contributed by atoms with Crippen molar-refractivity contribution in [2.24, 2.45) is 0 Å². The third-order valence-corrected chi connectivity index (χ3v) is 12.3. The molecule has 11 rings (SSSR count). The maximum absolute atomic E-state index is 6.57. The van der Waals surface area contributed by atoms with Crippen molar-refractivity contribution in [3.05, 3.63) is 223 Å². The van der Waals surface area contributed by atoms with E-state index in [2.05, 4.69) is 231 Å². The molecule has 1 aromatic heterocycles. The fourth-order valence-electron chi connectivity index (χ4n) is 9.44. The lowest BCUT2D eigenvalue weighted by molar-refractivity contribution is 0.660. The molecule has 59 heavy (non-hydrogen) atoms. The minimum atomic E-state index is -0.149. The van der Waals surface area contributed by atoms with Gasteiger partial charge in [-0.05, 0) is 110 Å². The standard InChI is InChI=1S/C57H41NO/c1-57(2)50-28-12-9-25-45(50)46-32-31-44(37-51(46)57)58(43-24-16-22-41(36-43)39-19-7-4-8-20-39)52-29-13-10-26-47(52)48-33-34-54-56(49-27-11-14-30-53(49)59-54)55(48)42-23-15-21-40(35-42)38-17-5-3-6-18-38/h3-37H,1-2H3. The number of furan rings is 1. The molecule has 0 unspecified atom stereocenters. The average molecular weight is 756 g/mol. The zero-order valence-corrected chi connectivity index (χ0v) is 33.1. The molecule has 0 saturated carbocycles. The van der Waals surface area contributed by atoms with Crippen LogP contribution >= 0.6 is 0 Å². The van der Waals surface area contributed by atoms with Crippen LogP contribution in [-0.2, 0) is 5.41 Å². The SMILES string of the molecule is CC1(C)c2ccccc2-c2ccc(N(c3cccc(-c4ccccc4)c3)c3ccccc3-c3ccc4oc5ccccc5c4c3-c3cccc(-c4ccccc4)c3)cc21. The molecule has 0 radical (unpaired) electrons. The maximum atomic E-state index is 6.57. The van der Waals surface area contributed by atoms with Crippen LogP contribution in [0.15, 0.2) is 217 Å². The van der Waals surface area contributed by atoms with Gasteiger partial charge in [-0.2, -0.15) is 0 Å². The number of para-hydroxylation sites is 2. The summed E-state index contributed by atoms with van der Waals surface area (Å²) in [4.78, 5) is 2.46. The number of rotatable bonds is 7. The van der Waals surface area contributed by atoms with Crippen LogP contribution in [-0.4, -0.2) is 0 Å². The Kier molecular flexibility index (Phi) is 8.20. The number of benzene rings is 9. The number of hydrogen-bond donors (Lipinski definition) is 0. The molecule has 0 atom stereocenters. The van der Waals surface area contributed by atoms with Crippen molar-refractivity contribution in [3.63, 3.8) is 0 Å². The van der Waals surface area contributed by atoms with E-state index in [0.29, 0.717) is 0 Å². The first-order valence-electron chi connectivity index (χ1n) is 20.4. The van der Waals surface area contributed by atoms with Gasteiger partial charge in [0.2, 0.25) is 0 Å². The largest absolute Gasteiger partial charge is 0.456 e. The molecule has 2 heteroatoms. The van der Waals surface area contributed by atoms with E-state index in [4.69, 9.17) is 4.42 Å². The number of fused-ring (bicyclic) bond motifs is 6. The van der Waals surface area contributed by atoms with Crippen LogP contribution in [0.2, 0.25) is 0 Å². The highest BCUT2D eigenvalue weighted by Crippen LogP contribution is 2.52. The lowest BCUT2D eigenvalue weighted by atomic mass is 9.82. The van der Waals surface area contributed by atoms with Gasteiger partial charge in [0, 0.05) is 38.7 Å². The van der Waals surface area contributed by atoms with Crippen LogP contribution in [0, 0.1) is 0 Å². The topological polar surface area (TPSA) is 16.4 Å². The van der Waals surface area contributed by atoms with Gasteiger partial charge in [-0.1, -0.05) is 172 Å². The highest BCUT2D eigenvalue weighted by atomic mass is 16.3. The Morgan fingerprint density at radius 3 is 1.75 bits per heavy atom. The second-order valence-electron chi connectivity index (χ2n) is 16.1. The van der Waals surface area contributed by atoms with Gasteiger partial charge in [0.05, 0.1) is 5.69 Å². The Balaban J connectivity index is 1.18. The van der Waals surface area contributed by atoms with Crippen LogP contribution in [0.5, 0.6) is 0 Å². The average Bonchev–Trinajstić information content (AvgIpc) is 3.79. The summed E-state index contributed by atoms with van der Waals surface area (Å²) >= 11 is 0. The first kappa shape index (κ1) is 34.8. The fraction of sp³-hybridized carbons (Fsp3) is 0.0526. The molecule has 2 nitrogen and oxygen atoms in total. The van der Waals surface area contributed by atoms with E-state index in [0.717, 1.165) is 61.3 Å². The molecule has 0 amide bonds. The monoisotopic (exact) mass is 755 g/mol. The van der Waals surface area contributed by atoms with Crippen LogP contribution < -0.4 is 4.90 Å². The second-order valence-corrected chi connectivity index (χ2v) is 16.1. The second kappa shape index (κ2) is 13.9. The van der Waals surface area contributed by atoms with Gasteiger partial charge in [0.15, 0.2) is 0 Å². The van der Waals surface area contributed by atoms with Crippen molar-refractivity contribution >= 4 is 39.0 Å². The zero-order chi connectivity index (χ0) is 39.5. The van der Waals surface area contributed by atoms with Crippen LogP contribution in [0.3, 0.4) is 0 Å². The number of hydrogen-bond acceptors (Lipinski definition) is 2. The molecule has 0 N–H and O–H groups in total. The molecule has 1 aliphatic rings. The van der Waals surface area contributed by atoms with E-state index in [1.54, 1.807) is 0 Å². The third-order valence-electron chi connectivity index (χ3n) is 12.3. The molecule has 0 bridgehead atoms. The van der Waals surface area contributed by atoms with Gasteiger partial charge in [-0.3, -0.25) is 0 Å². The van der Waals surface area contributed by atoms with Gasteiger partial charge in [0.1, 0.15) is 11.2 Å². The summed E-state index contributed by atoms with van der Waals surface area (Å²) in [7, 11) is 0. The highest BCUT2D eigenvalue weighted by Gasteiger charge is 2.36. The predicted molar refractivity (Wildman–Crippen MR) is 248 cm³/mol. The van der Waals surface area contributed by atoms with Gasteiger partial charge < -0.3 is 9.32 Å². The number of anilines is 3. The van der Waals surface area contributed by atoms with Crippen molar-refractivity contribution in [2.45, 2.75) is 19.3 Å². The van der Waals surface area contributed by atoms with E-state index in [-0.39, 0.29) is 5.41 Å². The molecule has 0 aliphatic heterocycles. The summed E-state index contributed by atoms with van der Waals surface area (Å²) in [5.41, 5.74) is 19.5. The lowest BCUT2D eigenvalue weighted by Crippen LogP contribution is -2.17. The van der Waals surface area contributed by atoms with E-state index < -0.39 is 0 Å². The minimum absolute atomic E-state index is 0.149. The molecule has 10 aromatic rings. The van der Waals surface area contributed by atoms with Crippen molar-refractivity contribution in [3.8, 4) is 55.6 Å². The first-order chi connectivity index (χ1) is 29.0. The van der Waals surface area contributed by atoms with Gasteiger partial charge in [-0.25, -0.2) is 0 Å². The molecule has 0 fully saturated rings. The van der Waals surface area contributed by atoms with Crippen molar-refractivity contribution in [2.75, 3.05) is 4.90 Å². The van der Waals surface area contributed by atoms with Gasteiger partial charge in [-0.15, -0.1) is 0 Å². The quantitative estimate of drug-likeness (QED) is 0.161. The molecular weight excluding hydrogens is 715 g/mol. The first-order valence-corrected chi connectivity index (χ1v) is 20.4. The van der Waals surface area contributed by atoms with Crippen LogP contribution in [0.1, 0.15) is 25.0 Å². The Bertz CT molecular complexity index is 3190. The summed E-state index contributed by atoms with van der Waals surface area (Å²) in [5, 5.41) is 2.22. The van der Waals surface area contributed by atoms with E-state index in [9.17, 15) is 0 Å². The van der Waals surface area contributed by atoms with Crippen LogP contribution in [0.4, 0.5) is 17.1 Å². The Morgan fingerprint density at radius 1 is 0.373 bits per heavy atom.